The van der Waals surface area contributed by atoms with E-state index in [1.807, 2.05) is 24.3 Å². The lowest BCUT2D eigenvalue weighted by atomic mass is 10.1. The number of aryl methyl sites for hydroxylation is 1. The minimum Gasteiger partial charge on any atom is -0.324 e. The Morgan fingerprint density at radius 2 is 2.13 bits per heavy atom. The molecule has 1 rings (SSSR count). The van der Waals surface area contributed by atoms with Gasteiger partial charge in [0.2, 0.25) is 5.91 Å². The summed E-state index contributed by atoms with van der Waals surface area (Å²) in [5.74, 6) is -0.140. The van der Waals surface area contributed by atoms with Gasteiger partial charge in [-0.05, 0) is 25.0 Å². The monoisotopic (exact) mass is 206 g/mol. The van der Waals surface area contributed by atoms with Crippen LogP contribution in [0.4, 0.5) is 5.69 Å². The second-order valence-electron chi connectivity index (χ2n) is 3.69. The number of carbonyl (C=O) groups excluding carboxylic acids is 1. The molecule has 1 aromatic carbocycles. The van der Waals surface area contributed by atoms with Crippen LogP contribution in [0.2, 0.25) is 0 Å². The van der Waals surface area contributed by atoms with E-state index in [4.69, 9.17) is 5.73 Å². The number of nitrogens with one attached hydrogen (secondary N) is 1. The average Bonchev–Trinajstić information content (AvgIpc) is 2.21. The fraction of sp³-hybridized carbons (Fsp3) is 0.417. The number of para-hydroxylation sites is 1. The number of anilines is 1. The van der Waals surface area contributed by atoms with Gasteiger partial charge in [-0.25, -0.2) is 0 Å². The highest BCUT2D eigenvalue weighted by Gasteiger charge is 2.09. The summed E-state index contributed by atoms with van der Waals surface area (Å²) in [6.45, 7) is 3.79. The lowest BCUT2D eigenvalue weighted by Crippen LogP contribution is -2.32. The number of amides is 1. The Morgan fingerprint density at radius 1 is 1.47 bits per heavy atom. The maximum Gasteiger partial charge on any atom is 0.241 e. The number of rotatable bonds is 4. The van der Waals surface area contributed by atoms with E-state index < -0.39 is 6.04 Å². The molecule has 15 heavy (non-hydrogen) atoms. The standard InChI is InChI=1S/C12H18N2O/c1-3-6-10-7-4-5-8-11(10)14-12(15)9(2)13/h4-5,7-9H,3,6,13H2,1-2H3,(H,14,15)/t9-/m0/s1. The summed E-state index contributed by atoms with van der Waals surface area (Å²) in [5, 5.41) is 2.83. The number of carbonyl (C=O) groups is 1. The van der Waals surface area contributed by atoms with Crippen molar-refractivity contribution < 1.29 is 4.79 Å². The Hall–Kier alpha value is -1.35. The molecule has 1 amide bonds. The molecule has 0 radical (unpaired) electrons. The first-order chi connectivity index (χ1) is 7.15. The van der Waals surface area contributed by atoms with Gasteiger partial charge in [-0.1, -0.05) is 31.5 Å². The van der Waals surface area contributed by atoms with Gasteiger partial charge < -0.3 is 11.1 Å². The molecule has 0 saturated carbocycles. The third-order valence-corrected chi connectivity index (χ3v) is 2.21. The quantitative estimate of drug-likeness (QED) is 0.790. The normalized spacial score (nSPS) is 12.2. The van der Waals surface area contributed by atoms with Crippen LogP contribution in [0.3, 0.4) is 0 Å². The smallest absolute Gasteiger partial charge is 0.241 e. The molecule has 0 aliphatic carbocycles. The highest BCUT2D eigenvalue weighted by atomic mass is 16.2. The first-order valence-electron chi connectivity index (χ1n) is 5.29. The minimum atomic E-state index is -0.473. The molecule has 0 bridgehead atoms. The summed E-state index contributed by atoms with van der Waals surface area (Å²) in [5.41, 5.74) is 7.53. The Bertz CT molecular complexity index is 334. The maximum atomic E-state index is 11.4. The highest BCUT2D eigenvalue weighted by Crippen LogP contribution is 2.16. The molecular formula is C12H18N2O. The number of benzene rings is 1. The molecule has 1 atom stereocenters. The van der Waals surface area contributed by atoms with Gasteiger partial charge in [-0.15, -0.1) is 0 Å². The minimum absolute atomic E-state index is 0.140. The van der Waals surface area contributed by atoms with Crippen LogP contribution >= 0.6 is 0 Å². The predicted molar refractivity (Wildman–Crippen MR) is 62.7 cm³/mol. The molecule has 0 unspecified atom stereocenters. The maximum absolute atomic E-state index is 11.4. The van der Waals surface area contributed by atoms with E-state index in [0.717, 1.165) is 24.1 Å². The van der Waals surface area contributed by atoms with E-state index in [1.54, 1.807) is 6.92 Å². The van der Waals surface area contributed by atoms with Gasteiger partial charge >= 0.3 is 0 Å². The van der Waals surface area contributed by atoms with Crippen LogP contribution in [0.15, 0.2) is 24.3 Å². The van der Waals surface area contributed by atoms with E-state index in [9.17, 15) is 4.79 Å². The molecule has 0 aliphatic heterocycles. The van der Waals surface area contributed by atoms with E-state index in [0.29, 0.717) is 0 Å². The zero-order valence-corrected chi connectivity index (χ0v) is 9.29. The molecule has 3 N–H and O–H groups in total. The number of nitrogens with two attached hydrogens (primary N) is 1. The Labute approximate surface area is 90.7 Å². The van der Waals surface area contributed by atoms with Gasteiger partial charge in [0.25, 0.3) is 0 Å². The van der Waals surface area contributed by atoms with Gasteiger partial charge in [0.05, 0.1) is 6.04 Å². The molecule has 0 fully saturated rings. The van der Waals surface area contributed by atoms with Crippen molar-refractivity contribution in [3.05, 3.63) is 29.8 Å². The lowest BCUT2D eigenvalue weighted by molar-refractivity contribution is -0.117. The molecule has 82 valence electrons. The SMILES string of the molecule is CCCc1ccccc1NC(=O)[C@H](C)N. The largest absolute Gasteiger partial charge is 0.324 e. The summed E-state index contributed by atoms with van der Waals surface area (Å²) in [6, 6.07) is 7.35. The number of hydrogen-bond donors (Lipinski definition) is 2. The van der Waals surface area contributed by atoms with E-state index in [2.05, 4.69) is 12.2 Å². The molecule has 3 heteroatoms. The predicted octanol–water partition coefficient (Wildman–Crippen LogP) is 1.92. The van der Waals surface area contributed by atoms with Crippen molar-refractivity contribution in [1.82, 2.24) is 0 Å². The van der Waals surface area contributed by atoms with Crippen LogP contribution < -0.4 is 11.1 Å². The molecule has 0 aromatic heterocycles. The summed E-state index contributed by atoms with van der Waals surface area (Å²) in [4.78, 5) is 11.4. The van der Waals surface area contributed by atoms with Gasteiger partial charge in [0.15, 0.2) is 0 Å². The Morgan fingerprint density at radius 3 is 2.73 bits per heavy atom. The van der Waals surface area contributed by atoms with Crippen molar-refractivity contribution in [2.24, 2.45) is 5.73 Å². The second-order valence-corrected chi connectivity index (χ2v) is 3.69. The van der Waals surface area contributed by atoms with Crippen molar-refractivity contribution in [2.75, 3.05) is 5.32 Å². The molecular weight excluding hydrogens is 188 g/mol. The average molecular weight is 206 g/mol. The zero-order chi connectivity index (χ0) is 11.3. The van der Waals surface area contributed by atoms with Gasteiger partial charge in [0, 0.05) is 5.69 Å². The van der Waals surface area contributed by atoms with E-state index in [1.165, 1.54) is 0 Å². The van der Waals surface area contributed by atoms with Crippen molar-refractivity contribution >= 4 is 11.6 Å². The fourth-order valence-electron chi connectivity index (χ4n) is 1.38. The van der Waals surface area contributed by atoms with Crippen LogP contribution in [0.25, 0.3) is 0 Å². The zero-order valence-electron chi connectivity index (χ0n) is 9.29. The van der Waals surface area contributed by atoms with Crippen LogP contribution in [0.1, 0.15) is 25.8 Å². The van der Waals surface area contributed by atoms with Gasteiger partial charge in [0.1, 0.15) is 0 Å². The summed E-state index contributed by atoms with van der Waals surface area (Å²) >= 11 is 0. The molecule has 0 heterocycles. The topological polar surface area (TPSA) is 55.1 Å². The van der Waals surface area contributed by atoms with E-state index in [-0.39, 0.29) is 5.91 Å². The third kappa shape index (κ3) is 3.36. The molecule has 0 spiro atoms. The fourth-order valence-corrected chi connectivity index (χ4v) is 1.38. The Balaban J connectivity index is 2.79. The number of hydrogen-bond acceptors (Lipinski definition) is 2. The summed E-state index contributed by atoms with van der Waals surface area (Å²) in [6.07, 6.45) is 2.03. The second kappa shape index (κ2) is 5.51. The molecule has 1 aromatic rings. The van der Waals surface area contributed by atoms with Crippen LogP contribution in [0, 0.1) is 0 Å². The first kappa shape index (κ1) is 11.7. The molecule has 3 nitrogen and oxygen atoms in total. The van der Waals surface area contributed by atoms with Gasteiger partial charge in [-0.3, -0.25) is 4.79 Å². The molecule has 0 aliphatic rings. The highest BCUT2D eigenvalue weighted by molar-refractivity contribution is 5.95. The summed E-state index contributed by atoms with van der Waals surface area (Å²) < 4.78 is 0. The molecule has 0 saturated heterocycles. The van der Waals surface area contributed by atoms with Crippen LogP contribution in [-0.4, -0.2) is 11.9 Å². The summed E-state index contributed by atoms with van der Waals surface area (Å²) in [7, 11) is 0. The Kier molecular flexibility index (Phi) is 4.31. The van der Waals surface area contributed by atoms with Crippen molar-refractivity contribution in [2.45, 2.75) is 32.7 Å². The first-order valence-corrected chi connectivity index (χ1v) is 5.29. The third-order valence-electron chi connectivity index (χ3n) is 2.21. The van der Waals surface area contributed by atoms with E-state index >= 15 is 0 Å². The van der Waals surface area contributed by atoms with Crippen LogP contribution in [-0.2, 0) is 11.2 Å². The van der Waals surface area contributed by atoms with Crippen molar-refractivity contribution in [1.29, 1.82) is 0 Å². The van der Waals surface area contributed by atoms with Crippen molar-refractivity contribution in [3.63, 3.8) is 0 Å². The lowest BCUT2D eigenvalue weighted by Gasteiger charge is -2.11. The van der Waals surface area contributed by atoms with Crippen molar-refractivity contribution in [3.8, 4) is 0 Å². The van der Waals surface area contributed by atoms with Gasteiger partial charge in [-0.2, -0.15) is 0 Å². The van der Waals surface area contributed by atoms with Crippen LogP contribution in [0.5, 0.6) is 0 Å².